The van der Waals surface area contributed by atoms with Crippen molar-refractivity contribution >= 4 is 35.8 Å². The van der Waals surface area contributed by atoms with Gasteiger partial charge in [-0.1, -0.05) is 19.9 Å². The number of pyridine rings is 1. The van der Waals surface area contributed by atoms with Crippen molar-refractivity contribution in [2.75, 3.05) is 0 Å². The van der Waals surface area contributed by atoms with Gasteiger partial charge in [-0.2, -0.15) is 0 Å². The van der Waals surface area contributed by atoms with Gasteiger partial charge in [0.05, 0.1) is 23.1 Å². The second-order valence-electron chi connectivity index (χ2n) is 8.44. The lowest BCUT2D eigenvalue weighted by Gasteiger charge is -2.34. The first-order valence-corrected chi connectivity index (χ1v) is 9.63. The maximum Gasteiger partial charge on any atom is 0.0931 e. The summed E-state index contributed by atoms with van der Waals surface area (Å²) in [7, 11) is 0. The average Bonchev–Trinajstić information content (AvgIpc) is 3.09. The van der Waals surface area contributed by atoms with Crippen molar-refractivity contribution in [2.24, 2.45) is 5.41 Å². The molecule has 0 aliphatic heterocycles. The number of nitrogens with one attached hydrogen (secondary N) is 2. The fraction of sp³-hybridized carbons (Fsp3) is 0.455. The fourth-order valence-electron chi connectivity index (χ4n) is 3.90. The van der Waals surface area contributed by atoms with Crippen LogP contribution >= 0.6 is 24.8 Å². The van der Waals surface area contributed by atoms with E-state index in [0.717, 1.165) is 34.4 Å². The number of fused-ring (bicyclic) bond motifs is 1. The van der Waals surface area contributed by atoms with E-state index >= 15 is 0 Å². The van der Waals surface area contributed by atoms with Crippen LogP contribution in [0.1, 0.15) is 50.8 Å². The number of benzene rings is 1. The summed E-state index contributed by atoms with van der Waals surface area (Å²) in [5, 5.41) is 3.72. The predicted molar refractivity (Wildman–Crippen MR) is 121 cm³/mol. The molecule has 1 saturated carbocycles. The van der Waals surface area contributed by atoms with Gasteiger partial charge >= 0.3 is 0 Å². The number of hydrogen-bond donors (Lipinski definition) is 2. The molecule has 152 valence electrons. The zero-order chi connectivity index (χ0) is 18.1. The Labute approximate surface area is 179 Å². The minimum atomic E-state index is 0. The van der Waals surface area contributed by atoms with Crippen molar-refractivity contribution in [3.8, 4) is 11.1 Å². The molecule has 0 spiro atoms. The number of hydrogen-bond acceptors (Lipinski definition) is 3. The summed E-state index contributed by atoms with van der Waals surface area (Å²) in [5.41, 5.74) is 7.28. The maximum atomic E-state index is 4.74. The maximum absolute atomic E-state index is 4.74. The first-order chi connectivity index (χ1) is 12.5. The molecular formula is C22H30Cl2N4. The average molecular weight is 421 g/mol. The third-order valence-corrected chi connectivity index (χ3v) is 5.84. The SMILES string of the molecule is Cc1cc(-c2ccc3[nH]cnc3c2)cnc1CNC1CCC(C)(C)CC1.Cl.Cl. The lowest BCUT2D eigenvalue weighted by molar-refractivity contribution is 0.205. The Kier molecular flexibility index (Phi) is 7.49. The number of halogens is 2. The van der Waals surface area contributed by atoms with E-state index in [9.17, 15) is 0 Å². The Hall–Kier alpha value is -1.62. The molecule has 4 nitrogen and oxygen atoms in total. The van der Waals surface area contributed by atoms with Gasteiger partial charge in [0.15, 0.2) is 0 Å². The van der Waals surface area contributed by atoms with Crippen LogP contribution in [0.4, 0.5) is 0 Å². The number of aromatic nitrogens is 3. The smallest absolute Gasteiger partial charge is 0.0931 e. The van der Waals surface area contributed by atoms with Crippen molar-refractivity contribution in [2.45, 2.75) is 59.0 Å². The number of aromatic amines is 1. The fourth-order valence-corrected chi connectivity index (χ4v) is 3.90. The van der Waals surface area contributed by atoms with Gasteiger partial charge in [-0.05, 0) is 67.3 Å². The molecule has 3 aromatic rings. The molecule has 2 heterocycles. The van der Waals surface area contributed by atoms with E-state index in [4.69, 9.17) is 4.98 Å². The molecule has 0 unspecified atom stereocenters. The minimum Gasteiger partial charge on any atom is -0.345 e. The molecule has 0 radical (unpaired) electrons. The van der Waals surface area contributed by atoms with Crippen molar-refractivity contribution in [1.29, 1.82) is 0 Å². The Morgan fingerprint density at radius 2 is 1.82 bits per heavy atom. The summed E-state index contributed by atoms with van der Waals surface area (Å²) in [6.07, 6.45) is 8.89. The van der Waals surface area contributed by atoms with Crippen molar-refractivity contribution in [3.05, 3.63) is 48.0 Å². The number of aryl methyl sites for hydroxylation is 1. The molecule has 0 bridgehead atoms. The third kappa shape index (κ3) is 5.05. The first kappa shape index (κ1) is 22.7. The van der Waals surface area contributed by atoms with Crippen LogP contribution in [0, 0.1) is 12.3 Å². The number of imidazole rings is 1. The minimum absolute atomic E-state index is 0. The summed E-state index contributed by atoms with van der Waals surface area (Å²) in [6, 6.07) is 9.18. The predicted octanol–water partition coefficient (Wildman–Crippen LogP) is 5.84. The second kappa shape index (κ2) is 9.25. The lowest BCUT2D eigenvalue weighted by Crippen LogP contribution is -2.35. The van der Waals surface area contributed by atoms with Gasteiger partial charge in [0, 0.05) is 24.3 Å². The van der Waals surface area contributed by atoms with E-state index in [-0.39, 0.29) is 24.8 Å². The molecular weight excluding hydrogens is 391 g/mol. The number of rotatable bonds is 4. The highest BCUT2D eigenvalue weighted by molar-refractivity contribution is 5.85. The third-order valence-electron chi connectivity index (χ3n) is 5.84. The lowest BCUT2D eigenvalue weighted by atomic mass is 9.75. The van der Waals surface area contributed by atoms with E-state index in [1.54, 1.807) is 6.33 Å². The summed E-state index contributed by atoms with van der Waals surface area (Å²) in [4.78, 5) is 12.2. The van der Waals surface area contributed by atoms with Crippen LogP contribution in [0.2, 0.25) is 0 Å². The van der Waals surface area contributed by atoms with Gasteiger partial charge in [0.1, 0.15) is 0 Å². The van der Waals surface area contributed by atoms with E-state index < -0.39 is 0 Å². The van der Waals surface area contributed by atoms with Crippen molar-refractivity contribution < 1.29 is 0 Å². The second-order valence-corrected chi connectivity index (χ2v) is 8.44. The molecule has 1 aromatic carbocycles. The van der Waals surface area contributed by atoms with Gasteiger partial charge in [0.25, 0.3) is 0 Å². The molecule has 0 amide bonds. The van der Waals surface area contributed by atoms with Crippen LogP contribution in [0.3, 0.4) is 0 Å². The zero-order valence-electron chi connectivity index (χ0n) is 16.8. The first-order valence-electron chi connectivity index (χ1n) is 9.63. The largest absolute Gasteiger partial charge is 0.345 e. The molecule has 1 aliphatic rings. The molecule has 6 heteroatoms. The van der Waals surface area contributed by atoms with Gasteiger partial charge in [-0.25, -0.2) is 4.98 Å². The van der Waals surface area contributed by atoms with Crippen LogP contribution in [0.25, 0.3) is 22.2 Å². The Balaban J connectivity index is 0.00000140. The normalized spacial score (nSPS) is 16.4. The zero-order valence-corrected chi connectivity index (χ0v) is 18.4. The highest BCUT2D eigenvalue weighted by Crippen LogP contribution is 2.35. The molecule has 1 fully saturated rings. The summed E-state index contributed by atoms with van der Waals surface area (Å²) < 4.78 is 0. The van der Waals surface area contributed by atoms with Crippen LogP contribution in [0.15, 0.2) is 36.8 Å². The monoisotopic (exact) mass is 420 g/mol. The molecule has 0 atom stereocenters. The van der Waals surface area contributed by atoms with Gasteiger partial charge in [-0.15, -0.1) is 24.8 Å². The van der Waals surface area contributed by atoms with Crippen molar-refractivity contribution in [1.82, 2.24) is 20.3 Å². The molecule has 1 aliphatic carbocycles. The number of nitrogens with zero attached hydrogens (tertiary/aromatic N) is 2. The Morgan fingerprint density at radius 3 is 2.54 bits per heavy atom. The quantitative estimate of drug-likeness (QED) is 0.557. The summed E-state index contributed by atoms with van der Waals surface area (Å²) in [6.45, 7) is 7.78. The van der Waals surface area contributed by atoms with Crippen LogP contribution in [-0.4, -0.2) is 21.0 Å². The van der Waals surface area contributed by atoms with E-state index in [1.165, 1.54) is 31.2 Å². The topological polar surface area (TPSA) is 53.6 Å². The highest BCUT2D eigenvalue weighted by atomic mass is 35.5. The molecule has 28 heavy (non-hydrogen) atoms. The van der Waals surface area contributed by atoms with E-state index in [1.807, 2.05) is 6.20 Å². The molecule has 2 aromatic heterocycles. The Bertz CT molecular complexity index is 910. The van der Waals surface area contributed by atoms with Gasteiger partial charge < -0.3 is 10.3 Å². The van der Waals surface area contributed by atoms with Gasteiger partial charge in [-0.3, -0.25) is 4.98 Å². The summed E-state index contributed by atoms with van der Waals surface area (Å²) in [5.74, 6) is 0. The van der Waals surface area contributed by atoms with Crippen LogP contribution in [-0.2, 0) is 6.54 Å². The van der Waals surface area contributed by atoms with Crippen molar-refractivity contribution in [3.63, 3.8) is 0 Å². The van der Waals surface area contributed by atoms with Crippen LogP contribution < -0.4 is 5.32 Å². The van der Waals surface area contributed by atoms with Gasteiger partial charge in [0.2, 0.25) is 0 Å². The molecule has 2 N–H and O–H groups in total. The molecule has 0 saturated heterocycles. The Morgan fingerprint density at radius 1 is 1.07 bits per heavy atom. The van der Waals surface area contributed by atoms with E-state index in [0.29, 0.717) is 11.5 Å². The molecule has 4 rings (SSSR count). The van der Waals surface area contributed by atoms with E-state index in [2.05, 4.69) is 60.3 Å². The standard InChI is InChI=1S/C22H28N4.2ClH/c1-15-10-17(16-4-5-19-20(11-16)26-14-25-19)12-24-21(15)13-23-18-6-8-22(2,3)9-7-18;;/h4-5,10-12,14,18,23H,6-9,13H2,1-3H3,(H,25,26);2*1H. The number of H-pyrrole nitrogens is 1. The summed E-state index contributed by atoms with van der Waals surface area (Å²) >= 11 is 0. The highest BCUT2D eigenvalue weighted by Gasteiger charge is 2.26. The van der Waals surface area contributed by atoms with Crippen LogP contribution in [0.5, 0.6) is 0 Å².